The second-order valence-electron chi connectivity index (χ2n) is 6.10. The molecule has 2 aromatic rings. The summed E-state index contributed by atoms with van der Waals surface area (Å²) in [6.45, 7) is 7.23. The van der Waals surface area contributed by atoms with Crippen LogP contribution in [0.2, 0.25) is 0 Å². The van der Waals surface area contributed by atoms with Crippen molar-refractivity contribution in [3.63, 3.8) is 0 Å². The highest BCUT2D eigenvalue weighted by Gasteiger charge is 2.19. The smallest absolute Gasteiger partial charge is 0.264 e. The zero-order valence-corrected chi connectivity index (χ0v) is 17.6. The topological polar surface area (TPSA) is 62.8 Å². The molecule has 2 rings (SSSR count). The summed E-state index contributed by atoms with van der Waals surface area (Å²) in [4.78, 5) is 15.0. The first-order valence-electron chi connectivity index (χ1n) is 9.16. The van der Waals surface area contributed by atoms with Crippen LogP contribution < -0.4 is 20.1 Å². The Hall–Kier alpha value is -2.64. The van der Waals surface area contributed by atoms with Crippen LogP contribution in [0.4, 0.5) is 5.69 Å². The SMILES string of the molecule is CCN(CC)Cc1ccc(NC(=S)NC(=O)c2c(OC)cccc2OC)cc1. The molecule has 150 valence electrons. The van der Waals surface area contributed by atoms with Crippen molar-refractivity contribution in [2.45, 2.75) is 20.4 Å². The summed E-state index contributed by atoms with van der Waals surface area (Å²) < 4.78 is 10.5. The predicted molar refractivity (Wildman–Crippen MR) is 116 cm³/mol. The number of hydrogen-bond acceptors (Lipinski definition) is 5. The van der Waals surface area contributed by atoms with E-state index in [4.69, 9.17) is 21.7 Å². The van der Waals surface area contributed by atoms with E-state index in [0.717, 1.165) is 25.3 Å². The quantitative estimate of drug-likeness (QED) is 0.658. The normalized spacial score (nSPS) is 10.5. The maximum absolute atomic E-state index is 12.6. The van der Waals surface area contributed by atoms with Crippen LogP contribution in [0.5, 0.6) is 11.5 Å². The number of carbonyl (C=O) groups excluding carboxylic acids is 1. The first-order chi connectivity index (χ1) is 13.5. The van der Waals surface area contributed by atoms with Gasteiger partial charge in [0.25, 0.3) is 5.91 Å². The van der Waals surface area contributed by atoms with E-state index in [0.29, 0.717) is 17.1 Å². The Balaban J connectivity index is 2.02. The van der Waals surface area contributed by atoms with Gasteiger partial charge in [0.05, 0.1) is 14.2 Å². The third kappa shape index (κ3) is 5.68. The molecule has 0 fully saturated rings. The monoisotopic (exact) mass is 401 g/mol. The zero-order valence-electron chi connectivity index (χ0n) is 16.7. The molecule has 0 bridgehead atoms. The molecule has 2 N–H and O–H groups in total. The summed E-state index contributed by atoms with van der Waals surface area (Å²) in [5, 5.41) is 5.91. The molecule has 6 nitrogen and oxygen atoms in total. The first kappa shape index (κ1) is 21.7. The number of carbonyl (C=O) groups is 1. The molecule has 1 amide bonds. The average molecular weight is 402 g/mol. The highest BCUT2D eigenvalue weighted by Crippen LogP contribution is 2.28. The van der Waals surface area contributed by atoms with E-state index >= 15 is 0 Å². The molecule has 0 aliphatic rings. The fourth-order valence-electron chi connectivity index (χ4n) is 2.80. The van der Waals surface area contributed by atoms with Crippen molar-refractivity contribution in [3.8, 4) is 11.5 Å². The van der Waals surface area contributed by atoms with E-state index in [2.05, 4.69) is 29.4 Å². The third-order valence-corrected chi connectivity index (χ3v) is 4.60. The van der Waals surface area contributed by atoms with Gasteiger partial charge in [-0.15, -0.1) is 0 Å². The second-order valence-corrected chi connectivity index (χ2v) is 6.51. The summed E-state index contributed by atoms with van der Waals surface area (Å²) in [6.07, 6.45) is 0. The number of nitrogens with zero attached hydrogens (tertiary/aromatic N) is 1. The van der Waals surface area contributed by atoms with Crippen molar-refractivity contribution < 1.29 is 14.3 Å². The molecule has 0 spiro atoms. The van der Waals surface area contributed by atoms with E-state index in [-0.39, 0.29) is 5.11 Å². The second kappa shape index (κ2) is 10.6. The lowest BCUT2D eigenvalue weighted by molar-refractivity contribution is 0.0971. The molecule has 0 aliphatic carbocycles. The molecule has 0 heterocycles. The van der Waals surface area contributed by atoms with Gasteiger partial charge in [-0.1, -0.05) is 32.0 Å². The van der Waals surface area contributed by atoms with Crippen molar-refractivity contribution in [2.24, 2.45) is 0 Å². The minimum absolute atomic E-state index is 0.203. The lowest BCUT2D eigenvalue weighted by Crippen LogP contribution is -2.34. The average Bonchev–Trinajstić information content (AvgIpc) is 2.72. The molecule has 0 aromatic heterocycles. The van der Waals surface area contributed by atoms with Crippen molar-refractivity contribution in [1.29, 1.82) is 0 Å². The van der Waals surface area contributed by atoms with Gasteiger partial charge in [-0.25, -0.2) is 0 Å². The lowest BCUT2D eigenvalue weighted by atomic mass is 10.1. The summed E-state index contributed by atoms with van der Waals surface area (Å²) in [5.41, 5.74) is 2.33. The summed E-state index contributed by atoms with van der Waals surface area (Å²) in [5.74, 6) is 0.436. The number of ether oxygens (including phenoxy) is 2. The van der Waals surface area contributed by atoms with Crippen LogP contribution in [0.1, 0.15) is 29.8 Å². The van der Waals surface area contributed by atoms with Gasteiger partial charge in [0.2, 0.25) is 0 Å². The highest BCUT2D eigenvalue weighted by atomic mass is 32.1. The van der Waals surface area contributed by atoms with Gasteiger partial charge in [-0.2, -0.15) is 0 Å². The molecule has 0 radical (unpaired) electrons. The molecule has 0 atom stereocenters. The summed E-state index contributed by atoms with van der Waals surface area (Å²) in [6, 6.07) is 13.1. The molecule has 0 aliphatic heterocycles. The zero-order chi connectivity index (χ0) is 20.5. The van der Waals surface area contributed by atoms with Gasteiger partial charge >= 0.3 is 0 Å². The third-order valence-electron chi connectivity index (χ3n) is 4.39. The van der Waals surface area contributed by atoms with Crippen LogP contribution in [0, 0.1) is 0 Å². The van der Waals surface area contributed by atoms with Crippen molar-refractivity contribution >= 4 is 28.9 Å². The molecular formula is C21H27N3O3S. The Morgan fingerprint density at radius 1 is 1.00 bits per heavy atom. The van der Waals surface area contributed by atoms with E-state index in [1.165, 1.54) is 19.8 Å². The molecule has 2 aromatic carbocycles. The molecular weight excluding hydrogens is 374 g/mol. The van der Waals surface area contributed by atoms with Gasteiger partial charge in [-0.05, 0) is 55.1 Å². The number of rotatable bonds is 8. The van der Waals surface area contributed by atoms with E-state index in [1.807, 2.05) is 24.3 Å². The number of methoxy groups -OCH3 is 2. The van der Waals surface area contributed by atoms with Gasteiger partial charge in [0.15, 0.2) is 5.11 Å². The van der Waals surface area contributed by atoms with Gasteiger partial charge in [0, 0.05) is 12.2 Å². The largest absolute Gasteiger partial charge is 0.496 e. The van der Waals surface area contributed by atoms with Gasteiger partial charge in [0.1, 0.15) is 17.1 Å². The number of nitrogens with one attached hydrogen (secondary N) is 2. The maximum Gasteiger partial charge on any atom is 0.264 e. The number of thiocarbonyl (C=S) groups is 1. The van der Waals surface area contributed by atoms with Crippen molar-refractivity contribution in [1.82, 2.24) is 10.2 Å². The Bertz CT molecular complexity index is 783. The molecule has 7 heteroatoms. The van der Waals surface area contributed by atoms with Crippen LogP contribution in [-0.4, -0.2) is 43.2 Å². The lowest BCUT2D eigenvalue weighted by Gasteiger charge is -2.18. The fourth-order valence-corrected chi connectivity index (χ4v) is 3.01. The van der Waals surface area contributed by atoms with Crippen LogP contribution >= 0.6 is 12.2 Å². The summed E-state index contributed by atoms with van der Waals surface area (Å²) in [7, 11) is 3.00. The van der Waals surface area contributed by atoms with Crippen LogP contribution in [-0.2, 0) is 6.54 Å². The van der Waals surface area contributed by atoms with Crippen LogP contribution in [0.25, 0.3) is 0 Å². The molecule has 0 unspecified atom stereocenters. The predicted octanol–water partition coefficient (Wildman–Crippen LogP) is 3.67. The van der Waals surface area contributed by atoms with Crippen molar-refractivity contribution in [2.75, 3.05) is 32.6 Å². The number of benzene rings is 2. The van der Waals surface area contributed by atoms with Gasteiger partial charge < -0.3 is 14.8 Å². The number of amides is 1. The Kier molecular flexibility index (Phi) is 8.22. The first-order valence-corrected chi connectivity index (χ1v) is 9.57. The number of hydrogen-bond donors (Lipinski definition) is 2. The maximum atomic E-state index is 12.6. The molecule has 28 heavy (non-hydrogen) atoms. The van der Waals surface area contributed by atoms with E-state index in [9.17, 15) is 4.79 Å². The number of anilines is 1. The van der Waals surface area contributed by atoms with E-state index < -0.39 is 5.91 Å². The minimum Gasteiger partial charge on any atom is -0.496 e. The van der Waals surface area contributed by atoms with E-state index in [1.54, 1.807) is 18.2 Å². The van der Waals surface area contributed by atoms with Crippen LogP contribution in [0.15, 0.2) is 42.5 Å². The standard InChI is InChI=1S/C21H27N3O3S/c1-5-24(6-2)14-15-10-12-16(13-11-15)22-21(28)23-20(25)19-17(26-3)8-7-9-18(19)27-4/h7-13H,5-6,14H2,1-4H3,(H2,22,23,25,28). The Labute approximate surface area is 171 Å². The molecule has 0 saturated heterocycles. The minimum atomic E-state index is -0.398. The Morgan fingerprint density at radius 2 is 1.57 bits per heavy atom. The van der Waals surface area contributed by atoms with Crippen LogP contribution in [0.3, 0.4) is 0 Å². The molecule has 0 saturated carbocycles. The van der Waals surface area contributed by atoms with Crippen molar-refractivity contribution in [3.05, 3.63) is 53.6 Å². The Morgan fingerprint density at radius 3 is 2.07 bits per heavy atom. The fraction of sp³-hybridized carbons (Fsp3) is 0.333. The van der Waals surface area contributed by atoms with Gasteiger partial charge in [-0.3, -0.25) is 15.0 Å². The highest BCUT2D eigenvalue weighted by molar-refractivity contribution is 7.80. The summed E-state index contributed by atoms with van der Waals surface area (Å²) >= 11 is 5.28.